The van der Waals surface area contributed by atoms with Gasteiger partial charge in [0.25, 0.3) is 0 Å². The van der Waals surface area contributed by atoms with E-state index in [0.717, 1.165) is 41.9 Å². The van der Waals surface area contributed by atoms with E-state index in [1.54, 1.807) is 0 Å². The second kappa shape index (κ2) is 5.71. The summed E-state index contributed by atoms with van der Waals surface area (Å²) in [6, 6.07) is 3.87. The van der Waals surface area contributed by atoms with Crippen LogP contribution >= 0.6 is 15.9 Å². The molecule has 1 fully saturated rings. The highest BCUT2D eigenvalue weighted by Crippen LogP contribution is 2.29. The highest BCUT2D eigenvalue weighted by atomic mass is 79.9. The third kappa shape index (κ3) is 2.67. The summed E-state index contributed by atoms with van der Waals surface area (Å²) >= 11 is 3.46. The number of nitrogens with one attached hydrogen (secondary N) is 1. The molecule has 1 heterocycles. The largest absolute Gasteiger partial charge is 0.465 e. The van der Waals surface area contributed by atoms with Gasteiger partial charge in [-0.3, -0.25) is 0 Å². The van der Waals surface area contributed by atoms with E-state index >= 15 is 0 Å². The van der Waals surface area contributed by atoms with E-state index in [4.69, 9.17) is 4.74 Å². The number of nitrogens with zero attached hydrogens (tertiary/aromatic N) is 1. The Morgan fingerprint density at radius 1 is 1.39 bits per heavy atom. The van der Waals surface area contributed by atoms with Gasteiger partial charge in [0, 0.05) is 36.3 Å². The monoisotopic (exact) mass is 312 g/mol. The summed E-state index contributed by atoms with van der Waals surface area (Å²) in [6.07, 6.45) is 0. The van der Waals surface area contributed by atoms with Gasteiger partial charge in [-0.25, -0.2) is 4.79 Å². The summed E-state index contributed by atoms with van der Waals surface area (Å²) in [5.41, 5.74) is 2.71. The summed E-state index contributed by atoms with van der Waals surface area (Å²) in [5.74, 6) is -0.287. The van der Waals surface area contributed by atoms with Gasteiger partial charge in [0.05, 0.1) is 12.7 Å². The molecule has 0 spiro atoms. The van der Waals surface area contributed by atoms with Crippen molar-refractivity contribution in [1.82, 2.24) is 5.32 Å². The highest BCUT2D eigenvalue weighted by molar-refractivity contribution is 9.10. The van der Waals surface area contributed by atoms with E-state index in [0.29, 0.717) is 5.56 Å². The molecule has 0 aliphatic carbocycles. The molecule has 0 unspecified atom stereocenters. The van der Waals surface area contributed by atoms with Gasteiger partial charge in [0.1, 0.15) is 0 Å². The van der Waals surface area contributed by atoms with Crippen LogP contribution in [0.2, 0.25) is 0 Å². The molecule has 0 saturated carbocycles. The van der Waals surface area contributed by atoms with Gasteiger partial charge in [-0.2, -0.15) is 0 Å². The summed E-state index contributed by atoms with van der Waals surface area (Å²) in [7, 11) is 1.41. The zero-order valence-corrected chi connectivity index (χ0v) is 12.2. The molecule has 1 N–H and O–H groups in total. The average Bonchev–Trinajstić information content (AvgIpc) is 2.41. The van der Waals surface area contributed by atoms with Crippen LogP contribution in [0.4, 0.5) is 5.69 Å². The Morgan fingerprint density at radius 2 is 2.06 bits per heavy atom. The minimum absolute atomic E-state index is 0.287. The van der Waals surface area contributed by atoms with Gasteiger partial charge < -0.3 is 15.0 Å². The number of methoxy groups -OCH3 is 1. The van der Waals surface area contributed by atoms with E-state index in [2.05, 4.69) is 32.2 Å². The number of anilines is 1. The van der Waals surface area contributed by atoms with Crippen LogP contribution in [0.25, 0.3) is 0 Å². The summed E-state index contributed by atoms with van der Waals surface area (Å²) in [4.78, 5) is 14.0. The first-order valence-corrected chi connectivity index (χ1v) is 6.77. The molecule has 1 aliphatic heterocycles. The fourth-order valence-electron chi connectivity index (χ4n) is 2.22. The van der Waals surface area contributed by atoms with Crippen LogP contribution in [-0.4, -0.2) is 39.3 Å². The Kier molecular flexibility index (Phi) is 4.24. The Morgan fingerprint density at radius 3 is 2.67 bits per heavy atom. The first-order chi connectivity index (χ1) is 8.63. The van der Waals surface area contributed by atoms with Crippen molar-refractivity contribution in [3.63, 3.8) is 0 Å². The summed E-state index contributed by atoms with van der Waals surface area (Å²) < 4.78 is 5.73. The van der Waals surface area contributed by atoms with Gasteiger partial charge >= 0.3 is 5.97 Å². The lowest BCUT2D eigenvalue weighted by molar-refractivity contribution is 0.0600. The van der Waals surface area contributed by atoms with Gasteiger partial charge in [-0.05, 0) is 24.6 Å². The van der Waals surface area contributed by atoms with Crippen molar-refractivity contribution in [1.29, 1.82) is 0 Å². The molecule has 0 atom stereocenters. The molecule has 98 valence electrons. The number of hydrogen-bond donors (Lipinski definition) is 1. The van der Waals surface area contributed by atoms with Crippen molar-refractivity contribution in [3.8, 4) is 0 Å². The normalized spacial score (nSPS) is 15.6. The molecule has 0 amide bonds. The van der Waals surface area contributed by atoms with Crippen molar-refractivity contribution in [3.05, 3.63) is 27.7 Å². The smallest absolute Gasteiger partial charge is 0.338 e. The Bertz CT molecular complexity index is 457. The lowest BCUT2D eigenvalue weighted by Gasteiger charge is -2.31. The number of ether oxygens (including phenoxy) is 1. The lowest BCUT2D eigenvalue weighted by Crippen LogP contribution is -2.43. The molecule has 2 rings (SSSR count). The second-order valence-electron chi connectivity index (χ2n) is 4.33. The van der Waals surface area contributed by atoms with Crippen LogP contribution in [0, 0.1) is 6.92 Å². The number of carbonyl (C=O) groups is 1. The van der Waals surface area contributed by atoms with Crippen molar-refractivity contribution < 1.29 is 9.53 Å². The van der Waals surface area contributed by atoms with Gasteiger partial charge in [0.2, 0.25) is 0 Å². The second-order valence-corrected chi connectivity index (χ2v) is 5.24. The maximum atomic E-state index is 11.7. The van der Waals surface area contributed by atoms with E-state index in [1.165, 1.54) is 7.11 Å². The zero-order valence-electron chi connectivity index (χ0n) is 10.6. The number of benzene rings is 1. The van der Waals surface area contributed by atoms with Crippen LogP contribution in [0.15, 0.2) is 16.6 Å². The Hall–Kier alpha value is -1.07. The first kappa shape index (κ1) is 13.4. The minimum Gasteiger partial charge on any atom is -0.465 e. The van der Waals surface area contributed by atoms with Crippen LogP contribution < -0.4 is 10.2 Å². The van der Waals surface area contributed by atoms with Crippen molar-refractivity contribution in [2.45, 2.75) is 6.92 Å². The molecule has 5 heteroatoms. The van der Waals surface area contributed by atoms with Crippen LogP contribution in [-0.2, 0) is 4.74 Å². The van der Waals surface area contributed by atoms with Gasteiger partial charge in [-0.1, -0.05) is 15.9 Å². The van der Waals surface area contributed by atoms with E-state index < -0.39 is 0 Å². The highest BCUT2D eigenvalue weighted by Gasteiger charge is 2.18. The Balaban J connectivity index is 2.40. The molecule has 1 aromatic rings. The zero-order chi connectivity index (χ0) is 13.1. The number of rotatable bonds is 2. The van der Waals surface area contributed by atoms with E-state index in [-0.39, 0.29) is 5.97 Å². The van der Waals surface area contributed by atoms with Crippen molar-refractivity contribution in [2.75, 3.05) is 38.2 Å². The van der Waals surface area contributed by atoms with Crippen LogP contribution in [0.3, 0.4) is 0 Å². The van der Waals surface area contributed by atoms with Crippen molar-refractivity contribution >= 4 is 27.6 Å². The molecule has 18 heavy (non-hydrogen) atoms. The predicted molar refractivity (Wildman–Crippen MR) is 75.3 cm³/mol. The molecular formula is C13H17BrN2O2. The molecule has 0 aromatic heterocycles. The minimum atomic E-state index is -0.287. The molecule has 1 aliphatic rings. The number of carbonyl (C=O) groups excluding carboxylic acids is 1. The first-order valence-electron chi connectivity index (χ1n) is 5.97. The standard InChI is InChI=1S/C13H17BrN2O2/c1-9-11(13(17)18-2)7-10(14)8-12(9)16-5-3-15-4-6-16/h7-8,15H,3-6H2,1-2H3. The van der Waals surface area contributed by atoms with Crippen LogP contribution in [0.5, 0.6) is 0 Å². The molecule has 0 bridgehead atoms. The number of halogens is 1. The third-order valence-electron chi connectivity index (χ3n) is 3.21. The SMILES string of the molecule is COC(=O)c1cc(Br)cc(N2CCNCC2)c1C. The fourth-order valence-corrected chi connectivity index (χ4v) is 2.67. The number of piperazine rings is 1. The molecular weight excluding hydrogens is 296 g/mol. The average molecular weight is 313 g/mol. The number of esters is 1. The molecule has 1 saturated heterocycles. The topological polar surface area (TPSA) is 41.6 Å². The van der Waals surface area contributed by atoms with Crippen molar-refractivity contribution in [2.24, 2.45) is 0 Å². The molecule has 4 nitrogen and oxygen atoms in total. The van der Waals surface area contributed by atoms with Gasteiger partial charge in [-0.15, -0.1) is 0 Å². The number of hydrogen-bond acceptors (Lipinski definition) is 4. The third-order valence-corrected chi connectivity index (χ3v) is 3.67. The fraction of sp³-hybridized carbons (Fsp3) is 0.462. The lowest BCUT2D eigenvalue weighted by atomic mass is 10.1. The van der Waals surface area contributed by atoms with Gasteiger partial charge in [0.15, 0.2) is 0 Å². The maximum Gasteiger partial charge on any atom is 0.338 e. The van der Waals surface area contributed by atoms with E-state index in [1.807, 2.05) is 13.0 Å². The Labute approximate surface area is 115 Å². The predicted octanol–water partition coefficient (Wildman–Crippen LogP) is 1.95. The summed E-state index contributed by atoms with van der Waals surface area (Å²) in [5, 5.41) is 3.32. The molecule has 0 radical (unpaired) electrons. The summed E-state index contributed by atoms with van der Waals surface area (Å²) in [6.45, 7) is 5.82. The quantitative estimate of drug-likeness (QED) is 0.848. The molecule has 1 aromatic carbocycles. The van der Waals surface area contributed by atoms with Crippen LogP contribution in [0.1, 0.15) is 15.9 Å². The maximum absolute atomic E-state index is 11.7. The van der Waals surface area contributed by atoms with E-state index in [9.17, 15) is 4.79 Å².